The van der Waals surface area contributed by atoms with Crippen molar-refractivity contribution in [3.05, 3.63) is 29.6 Å². The van der Waals surface area contributed by atoms with Crippen molar-refractivity contribution in [1.29, 1.82) is 0 Å². The molecule has 1 N–H and O–H groups in total. The van der Waals surface area contributed by atoms with Crippen molar-refractivity contribution in [2.75, 3.05) is 5.32 Å². The van der Waals surface area contributed by atoms with Crippen LogP contribution in [-0.4, -0.2) is 6.04 Å². The van der Waals surface area contributed by atoms with Gasteiger partial charge in [0.2, 0.25) is 0 Å². The van der Waals surface area contributed by atoms with Crippen LogP contribution in [0.1, 0.15) is 45.6 Å². The van der Waals surface area contributed by atoms with Gasteiger partial charge in [-0.1, -0.05) is 27.2 Å². The predicted octanol–water partition coefficient (Wildman–Crippen LogP) is 4.33. The Bertz CT molecular complexity index is 466. The molecule has 1 heterocycles. The molecule has 0 aromatic heterocycles. The van der Waals surface area contributed by atoms with Gasteiger partial charge in [0.15, 0.2) is 0 Å². The summed E-state index contributed by atoms with van der Waals surface area (Å²) in [5.74, 6) is 1.31. The minimum Gasteiger partial charge on any atom is -0.382 e. The van der Waals surface area contributed by atoms with Crippen molar-refractivity contribution in [2.24, 2.45) is 11.8 Å². The van der Waals surface area contributed by atoms with E-state index in [9.17, 15) is 4.39 Å². The fourth-order valence-electron chi connectivity index (χ4n) is 3.98. The maximum absolute atomic E-state index is 13.5. The van der Waals surface area contributed by atoms with Crippen LogP contribution in [0.2, 0.25) is 0 Å². The number of fused-ring (bicyclic) bond motifs is 2. The number of hydrogen-bond acceptors (Lipinski definition) is 1. The van der Waals surface area contributed by atoms with Gasteiger partial charge in [0.25, 0.3) is 0 Å². The summed E-state index contributed by atoms with van der Waals surface area (Å²) in [5, 5.41) is 3.65. The lowest BCUT2D eigenvalue weighted by molar-refractivity contribution is 0.173. The molecule has 1 nitrogen and oxygen atoms in total. The summed E-state index contributed by atoms with van der Waals surface area (Å²) in [6.07, 6.45) is 3.80. The molecule has 0 amide bonds. The minimum atomic E-state index is -0.119. The Morgan fingerprint density at radius 1 is 1.28 bits per heavy atom. The van der Waals surface area contributed by atoms with Gasteiger partial charge in [0, 0.05) is 11.7 Å². The molecule has 0 unspecified atom stereocenters. The zero-order valence-corrected chi connectivity index (χ0v) is 11.5. The third-order valence-electron chi connectivity index (χ3n) is 5.06. The van der Waals surface area contributed by atoms with Crippen LogP contribution >= 0.6 is 0 Å². The average molecular weight is 247 g/mol. The van der Waals surface area contributed by atoms with E-state index in [-0.39, 0.29) is 11.2 Å². The molecular weight excluding hydrogens is 225 g/mol. The van der Waals surface area contributed by atoms with Crippen LogP contribution in [0.25, 0.3) is 0 Å². The van der Waals surface area contributed by atoms with Gasteiger partial charge >= 0.3 is 0 Å². The number of hydrogen-bond donors (Lipinski definition) is 1. The summed E-state index contributed by atoms with van der Waals surface area (Å²) >= 11 is 0. The van der Waals surface area contributed by atoms with Gasteiger partial charge in [-0.15, -0.1) is 0 Å². The number of anilines is 1. The fraction of sp³-hybridized carbons (Fsp3) is 0.625. The highest BCUT2D eigenvalue weighted by Gasteiger charge is 2.44. The zero-order chi connectivity index (χ0) is 12.9. The molecule has 2 heteroatoms. The standard InChI is InChI=1S/C16H22FN/c1-10-4-6-12-15(8-10)18-14-7-5-11(17)9-13(14)16(12,2)3/h5,7,9-10,12,15,18H,4,6,8H2,1-3H3/t10-,12-,15+/m1/s1. The second-order valence-electron chi connectivity index (χ2n) is 6.69. The second-order valence-corrected chi connectivity index (χ2v) is 6.69. The lowest BCUT2D eigenvalue weighted by Crippen LogP contribution is -2.49. The largest absolute Gasteiger partial charge is 0.382 e. The molecule has 3 atom stereocenters. The first-order valence-corrected chi connectivity index (χ1v) is 7.05. The van der Waals surface area contributed by atoms with Crippen LogP contribution in [-0.2, 0) is 5.41 Å². The van der Waals surface area contributed by atoms with Gasteiger partial charge in [-0.25, -0.2) is 4.39 Å². The summed E-state index contributed by atoms with van der Waals surface area (Å²) in [4.78, 5) is 0. The summed E-state index contributed by atoms with van der Waals surface area (Å²) in [6.45, 7) is 6.89. The van der Waals surface area contributed by atoms with Gasteiger partial charge in [-0.05, 0) is 53.9 Å². The second kappa shape index (κ2) is 3.97. The fourth-order valence-corrected chi connectivity index (χ4v) is 3.98. The van der Waals surface area contributed by atoms with Crippen LogP contribution in [0.5, 0.6) is 0 Å². The molecular formula is C16H22FN. The van der Waals surface area contributed by atoms with Crippen molar-refractivity contribution in [1.82, 2.24) is 0 Å². The predicted molar refractivity (Wildman–Crippen MR) is 73.3 cm³/mol. The van der Waals surface area contributed by atoms with Crippen molar-refractivity contribution < 1.29 is 4.39 Å². The topological polar surface area (TPSA) is 12.0 Å². The van der Waals surface area contributed by atoms with Crippen LogP contribution in [0.3, 0.4) is 0 Å². The highest BCUT2D eigenvalue weighted by atomic mass is 19.1. The van der Waals surface area contributed by atoms with E-state index >= 15 is 0 Å². The van der Waals surface area contributed by atoms with Crippen LogP contribution < -0.4 is 5.32 Å². The highest BCUT2D eigenvalue weighted by Crippen LogP contribution is 2.49. The van der Waals surface area contributed by atoms with E-state index < -0.39 is 0 Å². The zero-order valence-electron chi connectivity index (χ0n) is 11.5. The smallest absolute Gasteiger partial charge is 0.123 e. The van der Waals surface area contributed by atoms with Gasteiger partial charge < -0.3 is 5.32 Å². The van der Waals surface area contributed by atoms with E-state index in [4.69, 9.17) is 0 Å². The Labute approximate surface area is 109 Å². The van der Waals surface area contributed by atoms with Crippen molar-refractivity contribution in [3.63, 3.8) is 0 Å². The van der Waals surface area contributed by atoms with E-state index in [1.54, 1.807) is 12.1 Å². The Balaban J connectivity index is 2.04. The number of halogens is 1. The number of nitrogens with one attached hydrogen (secondary N) is 1. The van der Waals surface area contributed by atoms with Crippen LogP contribution in [0.4, 0.5) is 10.1 Å². The first-order chi connectivity index (χ1) is 8.48. The molecule has 98 valence electrons. The van der Waals surface area contributed by atoms with E-state index in [0.717, 1.165) is 17.2 Å². The molecule has 1 aromatic rings. The van der Waals surface area contributed by atoms with E-state index in [1.807, 2.05) is 6.07 Å². The SMILES string of the molecule is C[C@@H]1CC[C@@H]2[C@H](C1)Nc1ccc(F)cc1C2(C)C. The number of benzene rings is 1. The Morgan fingerprint density at radius 2 is 2.06 bits per heavy atom. The van der Waals surface area contributed by atoms with Crippen molar-refractivity contribution >= 4 is 5.69 Å². The van der Waals surface area contributed by atoms with Gasteiger partial charge in [0.05, 0.1) is 0 Å². The lowest BCUT2D eigenvalue weighted by Gasteiger charge is -2.49. The van der Waals surface area contributed by atoms with Gasteiger partial charge in [-0.2, -0.15) is 0 Å². The average Bonchev–Trinajstić information content (AvgIpc) is 2.30. The van der Waals surface area contributed by atoms with E-state index in [2.05, 4.69) is 26.1 Å². The maximum atomic E-state index is 13.5. The molecule has 1 saturated carbocycles. The molecule has 1 aliphatic heterocycles. The van der Waals surface area contributed by atoms with Gasteiger partial charge in [0.1, 0.15) is 5.82 Å². The summed E-state index contributed by atoms with van der Waals surface area (Å²) in [6, 6.07) is 5.74. The summed E-state index contributed by atoms with van der Waals surface area (Å²) in [7, 11) is 0. The lowest BCUT2D eigenvalue weighted by atomic mass is 9.61. The third-order valence-corrected chi connectivity index (χ3v) is 5.06. The van der Waals surface area contributed by atoms with Crippen LogP contribution in [0.15, 0.2) is 18.2 Å². The molecule has 0 spiro atoms. The molecule has 1 fully saturated rings. The van der Waals surface area contributed by atoms with Crippen molar-refractivity contribution in [2.45, 2.75) is 51.5 Å². The highest BCUT2D eigenvalue weighted by molar-refractivity contribution is 5.58. The Morgan fingerprint density at radius 3 is 2.83 bits per heavy atom. The van der Waals surface area contributed by atoms with Crippen LogP contribution in [0, 0.1) is 17.7 Å². The molecule has 1 aliphatic carbocycles. The normalized spacial score (nSPS) is 33.2. The monoisotopic (exact) mass is 247 g/mol. The third kappa shape index (κ3) is 1.73. The van der Waals surface area contributed by atoms with Crippen molar-refractivity contribution in [3.8, 4) is 0 Å². The molecule has 3 rings (SSSR count). The molecule has 0 saturated heterocycles. The molecule has 0 radical (unpaired) electrons. The Kier molecular flexibility index (Phi) is 2.65. The summed E-state index contributed by atoms with van der Waals surface area (Å²) < 4.78 is 13.5. The van der Waals surface area contributed by atoms with E-state index in [1.165, 1.54) is 19.3 Å². The molecule has 1 aromatic carbocycles. The molecule has 18 heavy (non-hydrogen) atoms. The quantitative estimate of drug-likeness (QED) is 0.719. The molecule has 2 aliphatic rings. The first kappa shape index (κ1) is 12.0. The molecule has 0 bridgehead atoms. The maximum Gasteiger partial charge on any atom is 0.123 e. The van der Waals surface area contributed by atoms with Gasteiger partial charge in [-0.3, -0.25) is 0 Å². The summed E-state index contributed by atoms with van der Waals surface area (Å²) in [5.41, 5.74) is 2.36. The Hall–Kier alpha value is -1.05. The minimum absolute atomic E-state index is 0.0769. The number of rotatable bonds is 0. The van der Waals surface area contributed by atoms with E-state index in [0.29, 0.717) is 12.0 Å². The first-order valence-electron chi connectivity index (χ1n) is 7.05.